The van der Waals surface area contributed by atoms with E-state index in [4.69, 9.17) is 13.6 Å². The van der Waals surface area contributed by atoms with Crippen molar-refractivity contribution in [1.29, 1.82) is 0 Å². The van der Waals surface area contributed by atoms with E-state index < -0.39 is 14.5 Å². The monoisotopic (exact) mass is 358 g/mol. The molecule has 5 heteroatoms. The normalized spacial score (nSPS) is 13.5. The fourth-order valence-electron chi connectivity index (χ4n) is 2.61. The van der Waals surface area contributed by atoms with Crippen LogP contribution in [0.1, 0.15) is 77.6 Å². The maximum absolute atomic E-state index is 11.0. The quantitative estimate of drug-likeness (QED) is 0.110. The number of carbonyl (C=O) groups excluding carboxylic acids is 1. The summed E-state index contributed by atoms with van der Waals surface area (Å²) in [4.78, 5) is 11.0. The van der Waals surface area contributed by atoms with Crippen molar-refractivity contribution in [2.45, 2.75) is 90.1 Å². The first-order chi connectivity index (χ1) is 11.6. The van der Waals surface area contributed by atoms with Crippen LogP contribution in [0.25, 0.3) is 0 Å². The van der Waals surface area contributed by atoms with Crippen molar-refractivity contribution in [3.05, 3.63) is 12.7 Å². The van der Waals surface area contributed by atoms with Crippen LogP contribution in [-0.2, 0) is 18.4 Å². The molecular weight excluding hydrogens is 320 g/mol. The molecule has 0 amide bonds. The zero-order chi connectivity index (χ0) is 18.1. The Kier molecular flexibility index (Phi) is 15.4. The molecule has 0 aromatic heterocycles. The molecule has 1 unspecified atom stereocenters. The summed E-state index contributed by atoms with van der Waals surface area (Å²) >= 11 is 0. The van der Waals surface area contributed by atoms with Crippen LogP contribution in [0.15, 0.2) is 12.7 Å². The molecule has 0 aliphatic heterocycles. The summed E-state index contributed by atoms with van der Waals surface area (Å²) in [6.07, 6.45) is 15.7. The molecule has 24 heavy (non-hydrogen) atoms. The molecule has 0 radical (unpaired) electrons. The van der Waals surface area contributed by atoms with E-state index in [0.717, 1.165) is 18.5 Å². The highest BCUT2D eigenvalue weighted by atomic mass is 28.4. The van der Waals surface area contributed by atoms with Gasteiger partial charge in [-0.25, -0.2) is 4.79 Å². The average Bonchev–Trinajstić information content (AvgIpc) is 2.59. The lowest BCUT2D eigenvalue weighted by molar-refractivity contribution is -0.145. The van der Waals surface area contributed by atoms with Crippen LogP contribution in [0.4, 0.5) is 0 Å². The lowest BCUT2D eigenvalue weighted by Crippen LogP contribution is -2.38. The van der Waals surface area contributed by atoms with Gasteiger partial charge in [-0.3, -0.25) is 0 Å². The summed E-state index contributed by atoms with van der Waals surface area (Å²) in [5.74, 6) is -0.461. The van der Waals surface area contributed by atoms with Crippen LogP contribution in [0, 0.1) is 0 Å². The zero-order valence-corrected chi connectivity index (χ0v) is 17.1. The number of ether oxygens (including phenoxy) is 1. The molecule has 0 aliphatic rings. The summed E-state index contributed by atoms with van der Waals surface area (Å²) in [5.41, 5.74) is 0. The number of hydrogen-bond donors (Lipinski definition) is 0. The van der Waals surface area contributed by atoms with Crippen molar-refractivity contribution in [3.63, 3.8) is 0 Å². The van der Waals surface area contributed by atoms with Crippen LogP contribution < -0.4 is 0 Å². The summed E-state index contributed by atoms with van der Waals surface area (Å²) in [6, 6.07) is 0.937. The minimum absolute atomic E-state index is 0.0422. The van der Waals surface area contributed by atoms with Gasteiger partial charge in [-0.15, -0.1) is 0 Å². The molecule has 0 saturated heterocycles. The summed E-state index contributed by atoms with van der Waals surface area (Å²) in [7, 11) is -0.528. The molecule has 0 aliphatic carbocycles. The standard InChI is InChI=1S/C19H38O4Si/c1-5-7-8-9-10-11-12-13-14-15-16-17-24(4,21-3)23-18-22-19(20)6-2/h6H,2,5,7-18H2,1,3-4H3. The lowest BCUT2D eigenvalue weighted by atomic mass is 10.1. The molecule has 0 aromatic rings. The summed E-state index contributed by atoms with van der Waals surface area (Å²) in [6.45, 7) is 7.59. The maximum atomic E-state index is 11.0. The molecule has 1 atom stereocenters. The minimum Gasteiger partial charge on any atom is -0.436 e. The van der Waals surface area contributed by atoms with Gasteiger partial charge in [0, 0.05) is 13.2 Å². The van der Waals surface area contributed by atoms with Crippen LogP contribution in [0.3, 0.4) is 0 Å². The van der Waals surface area contributed by atoms with Gasteiger partial charge < -0.3 is 13.6 Å². The smallest absolute Gasteiger partial charge is 0.337 e. The van der Waals surface area contributed by atoms with Gasteiger partial charge in [0.1, 0.15) is 0 Å². The second kappa shape index (κ2) is 15.9. The fourth-order valence-corrected chi connectivity index (χ4v) is 4.28. The Hall–Kier alpha value is -0.653. The van der Waals surface area contributed by atoms with E-state index in [1.165, 1.54) is 64.2 Å². The van der Waals surface area contributed by atoms with E-state index >= 15 is 0 Å². The van der Waals surface area contributed by atoms with Gasteiger partial charge in [-0.2, -0.15) is 0 Å². The predicted octanol–water partition coefficient (Wildman–Crippen LogP) is 5.72. The van der Waals surface area contributed by atoms with Crippen LogP contribution in [0.2, 0.25) is 12.6 Å². The Labute approximate surface area is 150 Å². The molecule has 0 saturated carbocycles. The first kappa shape index (κ1) is 23.3. The molecule has 4 nitrogen and oxygen atoms in total. The third kappa shape index (κ3) is 13.8. The average molecular weight is 359 g/mol. The highest BCUT2D eigenvalue weighted by Gasteiger charge is 2.29. The molecule has 0 bridgehead atoms. The zero-order valence-electron chi connectivity index (χ0n) is 16.1. The van der Waals surface area contributed by atoms with Crippen LogP contribution in [0.5, 0.6) is 0 Å². The highest BCUT2D eigenvalue weighted by Crippen LogP contribution is 2.18. The third-order valence-corrected chi connectivity index (χ3v) is 7.25. The van der Waals surface area contributed by atoms with Gasteiger partial charge in [0.15, 0.2) is 6.79 Å². The topological polar surface area (TPSA) is 44.8 Å². The van der Waals surface area contributed by atoms with Crippen molar-refractivity contribution >= 4 is 14.5 Å². The molecule has 0 heterocycles. The van der Waals surface area contributed by atoms with Crippen molar-refractivity contribution in [1.82, 2.24) is 0 Å². The molecular formula is C19H38O4Si. The number of carbonyl (C=O) groups is 1. The number of unbranched alkanes of at least 4 members (excludes halogenated alkanes) is 10. The Morgan fingerprint density at radius 3 is 1.92 bits per heavy atom. The van der Waals surface area contributed by atoms with Gasteiger partial charge in [-0.05, 0) is 12.6 Å². The molecule has 0 spiro atoms. The molecule has 0 N–H and O–H groups in total. The lowest BCUT2D eigenvalue weighted by Gasteiger charge is -2.24. The Morgan fingerprint density at radius 1 is 0.958 bits per heavy atom. The van der Waals surface area contributed by atoms with Gasteiger partial charge in [-0.1, -0.05) is 84.1 Å². The van der Waals surface area contributed by atoms with Crippen molar-refractivity contribution < 1.29 is 18.4 Å². The molecule has 0 fully saturated rings. The van der Waals surface area contributed by atoms with Gasteiger partial charge >= 0.3 is 14.5 Å². The SMILES string of the molecule is C=CC(=O)OCO[Si](C)(CCCCCCCCCCCCC)OC. The third-order valence-electron chi connectivity index (χ3n) is 4.40. The largest absolute Gasteiger partial charge is 0.436 e. The highest BCUT2D eigenvalue weighted by molar-refractivity contribution is 6.65. The maximum Gasteiger partial charge on any atom is 0.337 e. The van der Waals surface area contributed by atoms with Crippen LogP contribution >= 0.6 is 0 Å². The van der Waals surface area contributed by atoms with E-state index in [-0.39, 0.29) is 6.79 Å². The fraction of sp³-hybridized carbons (Fsp3) is 0.842. The van der Waals surface area contributed by atoms with Gasteiger partial charge in [0.25, 0.3) is 0 Å². The number of hydrogen-bond acceptors (Lipinski definition) is 4. The van der Waals surface area contributed by atoms with E-state index in [2.05, 4.69) is 13.5 Å². The first-order valence-corrected chi connectivity index (χ1v) is 12.1. The van der Waals surface area contributed by atoms with Gasteiger partial charge in [0.05, 0.1) is 0 Å². The molecule has 0 aromatic carbocycles. The number of esters is 1. The van der Waals surface area contributed by atoms with Crippen molar-refractivity contribution in [3.8, 4) is 0 Å². The van der Waals surface area contributed by atoms with Crippen molar-refractivity contribution in [2.75, 3.05) is 13.9 Å². The Balaban J connectivity index is 3.54. The van der Waals surface area contributed by atoms with Gasteiger partial charge in [0.2, 0.25) is 0 Å². The van der Waals surface area contributed by atoms with E-state index in [9.17, 15) is 4.79 Å². The molecule has 142 valence electrons. The molecule has 0 rings (SSSR count). The van der Waals surface area contributed by atoms with E-state index in [1.807, 2.05) is 6.55 Å². The Morgan fingerprint density at radius 2 is 1.46 bits per heavy atom. The second-order valence-electron chi connectivity index (χ2n) is 6.55. The van der Waals surface area contributed by atoms with Crippen LogP contribution in [-0.4, -0.2) is 28.4 Å². The van der Waals surface area contributed by atoms with E-state index in [1.54, 1.807) is 7.11 Å². The van der Waals surface area contributed by atoms with Crippen molar-refractivity contribution in [2.24, 2.45) is 0 Å². The minimum atomic E-state index is -2.21. The van der Waals surface area contributed by atoms with E-state index in [0.29, 0.717) is 0 Å². The second-order valence-corrected chi connectivity index (χ2v) is 10.0. The summed E-state index contributed by atoms with van der Waals surface area (Å²) < 4.78 is 16.1. The summed E-state index contributed by atoms with van der Waals surface area (Å²) in [5, 5.41) is 0. The Bertz CT molecular complexity index is 322. The number of rotatable bonds is 17. The predicted molar refractivity (Wildman–Crippen MR) is 102 cm³/mol. The first-order valence-electron chi connectivity index (χ1n) is 9.56.